The van der Waals surface area contributed by atoms with Crippen molar-refractivity contribution >= 4 is 11.6 Å². The molecule has 0 atom stereocenters. The summed E-state index contributed by atoms with van der Waals surface area (Å²) in [6.07, 6.45) is 3.79. The second kappa shape index (κ2) is 5.34. The van der Waals surface area contributed by atoms with Crippen molar-refractivity contribution in [3.63, 3.8) is 0 Å². The van der Waals surface area contributed by atoms with E-state index in [4.69, 9.17) is 11.6 Å². The lowest BCUT2D eigenvalue weighted by Gasteiger charge is -2.06. The fourth-order valence-electron chi connectivity index (χ4n) is 1.73. The van der Waals surface area contributed by atoms with Crippen LogP contribution in [-0.2, 0) is 13.6 Å². The number of nitrogens with one attached hydrogen (secondary N) is 1. The first-order valence-corrected chi connectivity index (χ1v) is 6.06. The highest BCUT2D eigenvalue weighted by atomic mass is 35.5. The zero-order chi connectivity index (χ0) is 12.3. The molecule has 1 N–H and O–H groups in total. The van der Waals surface area contributed by atoms with Gasteiger partial charge in [-0.3, -0.25) is 4.68 Å². The molecule has 2 rings (SSSR count). The molecule has 3 nitrogen and oxygen atoms in total. The lowest BCUT2D eigenvalue weighted by molar-refractivity contribution is 0.727. The Morgan fingerprint density at radius 1 is 1.41 bits per heavy atom. The number of nitrogens with zero attached hydrogens (tertiary/aromatic N) is 2. The number of benzene rings is 1. The van der Waals surface area contributed by atoms with Crippen LogP contribution in [0.15, 0.2) is 30.6 Å². The van der Waals surface area contributed by atoms with Crippen molar-refractivity contribution in [1.29, 1.82) is 0 Å². The zero-order valence-electron chi connectivity index (χ0n) is 10.1. The van der Waals surface area contributed by atoms with Gasteiger partial charge >= 0.3 is 0 Å². The van der Waals surface area contributed by atoms with Gasteiger partial charge < -0.3 is 5.32 Å². The Labute approximate surface area is 106 Å². The van der Waals surface area contributed by atoms with E-state index in [1.54, 1.807) is 4.68 Å². The Hall–Kier alpha value is -1.32. The van der Waals surface area contributed by atoms with Gasteiger partial charge in [0.15, 0.2) is 0 Å². The van der Waals surface area contributed by atoms with Gasteiger partial charge in [-0.25, -0.2) is 0 Å². The smallest absolute Gasteiger partial charge is 0.0568 e. The summed E-state index contributed by atoms with van der Waals surface area (Å²) in [5.41, 5.74) is 3.28. The molecule has 0 saturated carbocycles. The summed E-state index contributed by atoms with van der Waals surface area (Å²) >= 11 is 6.29. The van der Waals surface area contributed by atoms with Crippen LogP contribution in [0.5, 0.6) is 0 Å². The van der Waals surface area contributed by atoms with Crippen LogP contribution in [0.3, 0.4) is 0 Å². The number of halogens is 1. The molecule has 0 aliphatic heterocycles. The molecule has 2 aromatic rings. The first-order chi connectivity index (χ1) is 8.20. The van der Waals surface area contributed by atoms with Crippen molar-refractivity contribution in [2.45, 2.75) is 13.5 Å². The average molecular weight is 250 g/mol. The largest absolute Gasteiger partial charge is 0.313 e. The van der Waals surface area contributed by atoms with Crippen LogP contribution in [0.1, 0.15) is 12.5 Å². The third-order valence-corrected chi connectivity index (χ3v) is 2.94. The molecule has 0 unspecified atom stereocenters. The van der Waals surface area contributed by atoms with E-state index in [2.05, 4.69) is 23.4 Å². The summed E-state index contributed by atoms with van der Waals surface area (Å²) in [4.78, 5) is 0. The summed E-state index contributed by atoms with van der Waals surface area (Å²) in [6, 6.07) is 6.15. The van der Waals surface area contributed by atoms with Crippen molar-refractivity contribution in [3.05, 3.63) is 41.2 Å². The van der Waals surface area contributed by atoms with E-state index in [0.717, 1.165) is 29.2 Å². The predicted molar refractivity (Wildman–Crippen MR) is 71.0 cm³/mol. The van der Waals surface area contributed by atoms with Crippen molar-refractivity contribution in [2.75, 3.05) is 6.54 Å². The SMILES string of the molecule is CCNCc1ccc(-c2cnn(C)c2)c(Cl)c1. The number of aromatic nitrogens is 2. The van der Waals surface area contributed by atoms with Crippen molar-refractivity contribution in [2.24, 2.45) is 7.05 Å². The fraction of sp³-hybridized carbons (Fsp3) is 0.308. The van der Waals surface area contributed by atoms with Gasteiger partial charge in [0.05, 0.1) is 6.20 Å². The molecule has 0 bridgehead atoms. The molecule has 1 aromatic carbocycles. The molecule has 0 saturated heterocycles. The van der Waals surface area contributed by atoms with Crippen molar-refractivity contribution < 1.29 is 0 Å². The van der Waals surface area contributed by atoms with Gasteiger partial charge in [-0.2, -0.15) is 5.10 Å². The van der Waals surface area contributed by atoms with Gasteiger partial charge in [0.25, 0.3) is 0 Å². The van der Waals surface area contributed by atoms with Crippen LogP contribution in [0, 0.1) is 0 Å². The molecular weight excluding hydrogens is 234 g/mol. The number of rotatable bonds is 4. The van der Waals surface area contributed by atoms with Crippen LogP contribution in [-0.4, -0.2) is 16.3 Å². The minimum atomic E-state index is 0.772. The van der Waals surface area contributed by atoms with E-state index < -0.39 is 0 Å². The maximum atomic E-state index is 6.29. The standard InChI is InChI=1S/C13H16ClN3/c1-3-15-7-10-4-5-12(13(14)6-10)11-8-16-17(2)9-11/h4-6,8-9,15H,3,7H2,1-2H3. The first-order valence-electron chi connectivity index (χ1n) is 5.69. The summed E-state index contributed by atoms with van der Waals surface area (Å²) in [6.45, 7) is 3.90. The van der Waals surface area contributed by atoms with Crippen LogP contribution in [0.25, 0.3) is 11.1 Å². The maximum absolute atomic E-state index is 6.29. The minimum absolute atomic E-state index is 0.772. The van der Waals surface area contributed by atoms with Gasteiger partial charge in [-0.1, -0.05) is 30.7 Å². The van der Waals surface area contributed by atoms with E-state index in [1.165, 1.54) is 5.56 Å². The normalized spacial score (nSPS) is 10.8. The molecule has 0 radical (unpaired) electrons. The summed E-state index contributed by atoms with van der Waals surface area (Å²) in [5.74, 6) is 0. The highest BCUT2D eigenvalue weighted by Gasteiger charge is 2.06. The molecular formula is C13H16ClN3. The highest BCUT2D eigenvalue weighted by Crippen LogP contribution is 2.28. The van der Waals surface area contributed by atoms with E-state index in [1.807, 2.05) is 31.6 Å². The van der Waals surface area contributed by atoms with Crippen molar-refractivity contribution in [1.82, 2.24) is 15.1 Å². The van der Waals surface area contributed by atoms with Gasteiger partial charge in [-0.15, -0.1) is 0 Å². The van der Waals surface area contributed by atoms with E-state index >= 15 is 0 Å². The van der Waals surface area contributed by atoms with Gasteiger partial charge in [0.1, 0.15) is 0 Å². The summed E-state index contributed by atoms with van der Waals surface area (Å²) < 4.78 is 1.78. The molecule has 0 fully saturated rings. The number of hydrogen-bond acceptors (Lipinski definition) is 2. The van der Waals surface area contributed by atoms with Gasteiger partial charge in [-0.05, 0) is 18.2 Å². The Morgan fingerprint density at radius 3 is 2.82 bits per heavy atom. The third-order valence-electron chi connectivity index (χ3n) is 2.63. The molecule has 0 amide bonds. The van der Waals surface area contributed by atoms with E-state index in [9.17, 15) is 0 Å². The molecule has 0 aliphatic rings. The Kier molecular flexibility index (Phi) is 3.82. The Balaban J connectivity index is 2.25. The maximum Gasteiger partial charge on any atom is 0.0568 e. The Bertz CT molecular complexity index is 505. The van der Waals surface area contributed by atoms with Gasteiger partial charge in [0, 0.05) is 35.9 Å². The summed E-state index contributed by atoms with van der Waals surface area (Å²) in [5, 5.41) is 8.20. The lowest BCUT2D eigenvalue weighted by atomic mass is 10.1. The fourth-order valence-corrected chi connectivity index (χ4v) is 2.04. The van der Waals surface area contributed by atoms with E-state index in [-0.39, 0.29) is 0 Å². The molecule has 1 heterocycles. The van der Waals surface area contributed by atoms with Crippen LogP contribution in [0.4, 0.5) is 0 Å². The number of aryl methyl sites for hydroxylation is 1. The quantitative estimate of drug-likeness (QED) is 0.903. The van der Waals surface area contributed by atoms with Crippen LogP contribution in [0.2, 0.25) is 5.02 Å². The predicted octanol–water partition coefficient (Wildman–Crippen LogP) is 2.85. The second-order valence-electron chi connectivity index (χ2n) is 4.00. The molecule has 0 spiro atoms. The molecule has 0 aliphatic carbocycles. The molecule has 17 heavy (non-hydrogen) atoms. The topological polar surface area (TPSA) is 29.9 Å². The van der Waals surface area contributed by atoms with Crippen LogP contribution >= 0.6 is 11.6 Å². The van der Waals surface area contributed by atoms with Gasteiger partial charge in [0.2, 0.25) is 0 Å². The molecule has 4 heteroatoms. The molecule has 1 aromatic heterocycles. The zero-order valence-corrected chi connectivity index (χ0v) is 10.8. The average Bonchev–Trinajstić information content (AvgIpc) is 2.73. The second-order valence-corrected chi connectivity index (χ2v) is 4.40. The Morgan fingerprint density at radius 2 is 2.24 bits per heavy atom. The first kappa shape index (κ1) is 12.1. The van der Waals surface area contributed by atoms with E-state index in [0.29, 0.717) is 0 Å². The van der Waals surface area contributed by atoms with Crippen molar-refractivity contribution in [3.8, 4) is 11.1 Å². The summed E-state index contributed by atoms with van der Waals surface area (Å²) in [7, 11) is 1.90. The minimum Gasteiger partial charge on any atom is -0.313 e. The lowest BCUT2D eigenvalue weighted by Crippen LogP contribution is -2.11. The number of hydrogen-bond donors (Lipinski definition) is 1. The third kappa shape index (κ3) is 2.87. The monoisotopic (exact) mass is 249 g/mol. The highest BCUT2D eigenvalue weighted by molar-refractivity contribution is 6.33. The molecule has 90 valence electrons. The van der Waals surface area contributed by atoms with Crippen LogP contribution < -0.4 is 5.32 Å².